The van der Waals surface area contributed by atoms with Gasteiger partial charge in [-0.3, -0.25) is 4.79 Å². The Morgan fingerprint density at radius 3 is 3.11 bits per heavy atom. The van der Waals surface area contributed by atoms with E-state index in [-0.39, 0.29) is 0 Å². The summed E-state index contributed by atoms with van der Waals surface area (Å²) in [6.07, 6.45) is 2.66. The summed E-state index contributed by atoms with van der Waals surface area (Å²) >= 11 is 0. The fraction of sp³-hybridized carbons (Fsp3) is 0.400. The second-order valence-corrected chi connectivity index (χ2v) is 5.41. The molecule has 1 amide bonds. The summed E-state index contributed by atoms with van der Waals surface area (Å²) in [4.78, 5) is 17.4. The van der Waals surface area contributed by atoms with Crippen LogP contribution in [0.15, 0.2) is 18.2 Å². The topological polar surface area (TPSA) is 36.1 Å². The van der Waals surface area contributed by atoms with Gasteiger partial charge in [0.05, 0.1) is 6.04 Å². The van der Waals surface area contributed by atoms with Crippen molar-refractivity contribution in [2.75, 3.05) is 6.54 Å². The van der Waals surface area contributed by atoms with Gasteiger partial charge < -0.3 is 9.88 Å². The van der Waals surface area contributed by atoms with Crippen molar-refractivity contribution in [2.45, 2.75) is 32.2 Å². The number of aryl methyl sites for hydroxylation is 1. The minimum Gasteiger partial charge on any atom is -0.356 e. The molecule has 2 aliphatic heterocycles. The Labute approximate surface area is 106 Å². The minimum atomic E-state index is 0.299. The molecule has 0 spiro atoms. The van der Waals surface area contributed by atoms with Gasteiger partial charge >= 0.3 is 0 Å². The highest BCUT2D eigenvalue weighted by molar-refractivity contribution is 5.89. The van der Waals surface area contributed by atoms with Gasteiger partial charge in [-0.25, -0.2) is 0 Å². The van der Waals surface area contributed by atoms with Crippen LogP contribution in [0.3, 0.4) is 0 Å². The quantitative estimate of drug-likeness (QED) is 0.755. The molecular formula is C15H16N2O. The first-order valence-corrected chi connectivity index (χ1v) is 6.65. The number of hydrogen-bond donors (Lipinski definition) is 1. The van der Waals surface area contributed by atoms with Crippen LogP contribution >= 0.6 is 0 Å². The molecule has 2 aliphatic rings. The number of nitrogens with one attached hydrogen (secondary N) is 1. The summed E-state index contributed by atoms with van der Waals surface area (Å²) < 4.78 is 0. The highest BCUT2D eigenvalue weighted by Crippen LogP contribution is 2.41. The SMILES string of the molecule is Cc1cccc2c3c([nH]c12)[C@H]1CCC(=O)N1CC3. The van der Waals surface area contributed by atoms with Gasteiger partial charge in [-0.1, -0.05) is 18.2 Å². The minimum absolute atomic E-state index is 0.299. The zero-order valence-electron chi connectivity index (χ0n) is 10.5. The number of H-pyrrole nitrogens is 1. The molecule has 92 valence electrons. The number of benzene rings is 1. The first-order valence-electron chi connectivity index (χ1n) is 6.65. The smallest absolute Gasteiger partial charge is 0.223 e. The molecule has 0 saturated carbocycles. The number of carbonyl (C=O) groups is 1. The van der Waals surface area contributed by atoms with E-state index in [1.54, 1.807) is 0 Å². The van der Waals surface area contributed by atoms with Gasteiger partial charge in [0.25, 0.3) is 0 Å². The predicted molar refractivity (Wildman–Crippen MR) is 70.4 cm³/mol. The molecule has 18 heavy (non-hydrogen) atoms. The molecule has 1 aromatic heterocycles. The van der Waals surface area contributed by atoms with Crippen LogP contribution in [0.25, 0.3) is 10.9 Å². The van der Waals surface area contributed by atoms with Crippen molar-refractivity contribution in [1.82, 2.24) is 9.88 Å². The van der Waals surface area contributed by atoms with Crippen molar-refractivity contribution in [3.05, 3.63) is 35.0 Å². The van der Waals surface area contributed by atoms with Crippen molar-refractivity contribution in [3.8, 4) is 0 Å². The average Bonchev–Trinajstić information content (AvgIpc) is 2.92. The third-order valence-electron chi connectivity index (χ3n) is 4.45. The molecule has 2 aromatic rings. The van der Waals surface area contributed by atoms with E-state index in [1.165, 1.54) is 27.7 Å². The van der Waals surface area contributed by atoms with Gasteiger partial charge in [-0.15, -0.1) is 0 Å². The monoisotopic (exact) mass is 240 g/mol. The first kappa shape index (κ1) is 10.2. The van der Waals surface area contributed by atoms with E-state index in [0.29, 0.717) is 18.4 Å². The molecule has 1 fully saturated rings. The van der Waals surface area contributed by atoms with Crippen LogP contribution in [0, 0.1) is 6.92 Å². The summed E-state index contributed by atoms with van der Waals surface area (Å²) in [5, 5.41) is 1.35. The predicted octanol–water partition coefficient (Wildman–Crippen LogP) is 2.70. The molecule has 4 rings (SSSR count). The maximum atomic E-state index is 11.8. The highest BCUT2D eigenvalue weighted by atomic mass is 16.2. The van der Waals surface area contributed by atoms with Gasteiger partial charge in [0.15, 0.2) is 0 Å². The van der Waals surface area contributed by atoms with E-state index < -0.39 is 0 Å². The number of rotatable bonds is 0. The maximum Gasteiger partial charge on any atom is 0.223 e. The number of para-hydroxylation sites is 1. The van der Waals surface area contributed by atoms with Crippen LogP contribution in [0.2, 0.25) is 0 Å². The molecule has 0 aliphatic carbocycles. The van der Waals surface area contributed by atoms with Crippen molar-refractivity contribution in [2.24, 2.45) is 0 Å². The van der Waals surface area contributed by atoms with Crippen LogP contribution < -0.4 is 0 Å². The van der Waals surface area contributed by atoms with E-state index in [1.807, 2.05) is 4.90 Å². The number of carbonyl (C=O) groups excluding carboxylic acids is 1. The lowest BCUT2D eigenvalue weighted by Crippen LogP contribution is -2.33. The number of amides is 1. The molecule has 1 N–H and O–H groups in total. The van der Waals surface area contributed by atoms with E-state index in [0.717, 1.165) is 19.4 Å². The van der Waals surface area contributed by atoms with Crippen LogP contribution in [0.4, 0.5) is 0 Å². The lowest BCUT2D eigenvalue weighted by atomic mass is 9.97. The first-order chi connectivity index (χ1) is 8.75. The Hall–Kier alpha value is -1.77. The normalized spacial score (nSPS) is 22.4. The molecule has 3 heterocycles. The number of aromatic amines is 1. The Bertz CT molecular complexity index is 656. The third kappa shape index (κ3) is 1.17. The molecule has 0 radical (unpaired) electrons. The Balaban J connectivity index is 1.96. The van der Waals surface area contributed by atoms with Crippen molar-refractivity contribution in [3.63, 3.8) is 0 Å². The molecule has 1 atom stereocenters. The Morgan fingerprint density at radius 1 is 1.33 bits per heavy atom. The van der Waals surface area contributed by atoms with E-state index in [4.69, 9.17) is 0 Å². The zero-order valence-corrected chi connectivity index (χ0v) is 10.5. The molecule has 0 unspecified atom stereocenters. The highest BCUT2D eigenvalue weighted by Gasteiger charge is 2.37. The third-order valence-corrected chi connectivity index (χ3v) is 4.45. The lowest BCUT2D eigenvalue weighted by molar-refractivity contribution is -0.129. The molecule has 3 nitrogen and oxygen atoms in total. The van der Waals surface area contributed by atoms with Gasteiger partial charge in [-0.2, -0.15) is 0 Å². The van der Waals surface area contributed by atoms with E-state index in [9.17, 15) is 4.79 Å². The molecular weight excluding hydrogens is 224 g/mol. The van der Waals surface area contributed by atoms with E-state index >= 15 is 0 Å². The van der Waals surface area contributed by atoms with Crippen molar-refractivity contribution < 1.29 is 4.79 Å². The fourth-order valence-corrected chi connectivity index (χ4v) is 3.54. The Kier molecular flexibility index (Phi) is 1.91. The van der Waals surface area contributed by atoms with Crippen LogP contribution in [-0.4, -0.2) is 22.3 Å². The van der Waals surface area contributed by atoms with Crippen LogP contribution in [-0.2, 0) is 11.2 Å². The van der Waals surface area contributed by atoms with E-state index in [2.05, 4.69) is 30.1 Å². The van der Waals surface area contributed by atoms with Crippen molar-refractivity contribution in [1.29, 1.82) is 0 Å². The standard InChI is InChI=1S/C15H16N2O/c1-9-3-2-4-10-11-7-8-17-12(5-6-13(17)18)15(11)16-14(9)10/h2-4,12,16H,5-8H2,1H3/t12-/m1/s1. The molecule has 0 bridgehead atoms. The second-order valence-electron chi connectivity index (χ2n) is 5.41. The maximum absolute atomic E-state index is 11.8. The average molecular weight is 240 g/mol. The van der Waals surface area contributed by atoms with Gasteiger partial charge in [-0.05, 0) is 30.9 Å². The summed E-state index contributed by atoms with van der Waals surface area (Å²) in [7, 11) is 0. The number of hydrogen-bond acceptors (Lipinski definition) is 1. The van der Waals surface area contributed by atoms with Gasteiger partial charge in [0.1, 0.15) is 0 Å². The fourth-order valence-electron chi connectivity index (χ4n) is 3.54. The number of aromatic nitrogens is 1. The summed E-state index contributed by atoms with van der Waals surface area (Å²) in [6.45, 7) is 3.03. The number of nitrogens with zero attached hydrogens (tertiary/aromatic N) is 1. The van der Waals surface area contributed by atoms with Gasteiger partial charge in [0.2, 0.25) is 5.91 Å². The van der Waals surface area contributed by atoms with Crippen LogP contribution in [0.5, 0.6) is 0 Å². The largest absolute Gasteiger partial charge is 0.356 e. The summed E-state index contributed by atoms with van der Waals surface area (Å²) in [6, 6.07) is 6.76. The molecule has 3 heteroatoms. The summed E-state index contributed by atoms with van der Waals surface area (Å²) in [5.74, 6) is 0.320. The number of fused-ring (bicyclic) bond motifs is 5. The van der Waals surface area contributed by atoms with Crippen molar-refractivity contribution >= 4 is 16.8 Å². The van der Waals surface area contributed by atoms with Gasteiger partial charge in [0, 0.05) is 29.6 Å². The second kappa shape index (κ2) is 3.37. The summed E-state index contributed by atoms with van der Waals surface area (Å²) in [5.41, 5.74) is 5.27. The lowest BCUT2D eigenvalue weighted by Gasteiger charge is -2.29. The molecule has 1 saturated heterocycles. The molecule has 1 aromatic carbocycles. The Morgan fingerprint density at radius 2 is 2.22 bits per heavy atom. The zero-order chi connectivity index (χ0) is 12.3. The van der Waals surface area contributed by atoms with Crippen LogP contribution in [0.1, 0.15) is 35.7 Å².